The van der Waals surface area contributed by atoms with Gasteiger partial charge in [-0.1, -0.05) is 6.07 Å². The van der Waals surface area contributed by atoms with E-state index >= 15 is 0 Å². The first-order valence-corrected chi connectivity index (χ1v) is 9.31. The summed E-state index contributed by atoms with van der Waals surface area (Å²) in [5.74, 6) is 0.289. The van der Waals surface area contributed by atoms with Gasteiger partial charge in [-0.15, -0.1) is 0 Å². The lowest BCUT2D eigenvalue weighted by Crippen LogP contribution is -2.31. The highest BCUT2D eigenvalue weighted by Crippen LogP contribution is 2.16. The van der Waals surface area contributed by atoms with E-state index in [2.05, 4.69) is 14.8 Å². The van der Waals surface area contributed by atoms with Gasteiger partial charge in [0.15, 0.2) is 5.82 Å². The molecule has 0 aromatic carbocycles. The lowest BCUT2D eigenvalue weighted by molar-refractivity contribution is 0.0306. The molecule has 1 aliphatic rings. The fourth-order valence-corrected chi connectivity index (χ4v) is 3.81. The van der Waals surface area contributed by atoms with Crippen LogP contribution in [-0.2, 0) is 21.3 Å². The minimum absolute atomic E-state index is 0.0277. The van der Waals surface area contributed by atoms with Crippen molar-refractivity contribution >= 4 is 15.8 Å². The standard InChI is InChI=1S/C15H20N4O3S/c20-23(21,12-14-6-2-4-10-22-14)18-15-7-9-19(17-15)11-13-5-1-3-8-16-13/h1,3,5,7-9,14H,2,4,6,10-12H2,(H,17,18). The van der Waals surface area contributed by atoms with E-state index in [1.165, 1.54) is 0 Å². The number of ether oxygens (including phenoxy) is 1. The molecule has 7 nitrogen and oxygen atoms in total. The Bertz CT molecular complexity index is 724. The molecule has 124 valence electrons. The van der Waals surface area contributed by atoms with E-state index in [1.807, 2.05) is 18.2 Å². The Morgan fingerprint density at radius 2 is 2.22 bits per heavy atom. The third-order valence-electron chi connectivity index (χ3n) is 3.63. The number of sulfonamides is 1. The second-order valence-electron chi connectivity index (χ2n) is 5.59. The summed E-state index contributed by atoms with van der Waals surface area (Å²) in [6.07, 6.45) is 6.02. The van der Waals surface area contributed by atoms with Crippen molar-refractivity contribution in [2.45, 2.75) is 31.9 Å². The molecular weight excluding hydrogens is 316 g/mol. The zero-order valence-corrected chi connectivity index (χ0v) is 13.6. The van der Waals surface area contributed by atoms with Crippen molar-refractivity contribution in [2.24, 2.45) is 0 Å². The molecule has 2 aromatic heterocycles. The average molecular weight is 336 g/mol. The van der Waals surface area contributed by atoms with Gasteiger partial charge in [0.05, 0.1) is 24.1 Å². The molecule has 0 amide bonds. The Kier molecular flexibility index (Phi) is 4.92. The van der Waals surface area contributed by atoms with Gasteiger partial charge in [0, 0.05) is 25.1 Å². The van der Waals surface area contributed by atoms with Crippen molar-refractivity contribution in [3.05, 3.63) is 42.4 Å². The van der Waals surface area contributed by atoms with Crippen molar-refractivity contribution in [3.63, 3.8) is 0 Å². The number of pyridine rings is 1. The van der Waals surface area contributed by atoms with E-state index in [9.17, 15) is 8.42 Å². The van der Waals surface area contributed by atoms with Crippen LogP contribution in [-0.4, -0.2) is 41.6 Å². The molecule has 0 bridgehead atoms. The fourth-order valence-electron chi connectivity index (χ4n) is 2.55. The first-order valence-electron chi connectivity index (χ1n) is 7.66. The van der Waals surface area contributed by atoms with E-state index in [0.717, 1.165) is 25.0 Å². The van der Waals surface area contributed by atoms with Crippen molar-refractivity contribution in [2.75, 3.05) is 17.1 Å². The molecule has 0 spiro atoms. The van der Waals surface area contributed by atoms with Crippen LogP contribution in [0, 0.1) is 0 Å². The van der Waals surface area contributed by atoms with E-state index < -0.39 is 10.0 Å². The maximum atomic E-state index is 12.2. The van der Waals surface area contributed by atoms with E-state index in [0.29, 0.717) is 19.0 Å². The minimum Gasteiger partial charge on any atom is -0.377 e. The summed E-state index contributed by atoms with van der Waals surface area (Å²) in [6.45, 7) is 1.13. The largest absolute Gasteiger partial charge is 0.377 e. The fraction of sp³-hybridized carbons (Fsp3) is 0.467. The molecule has 1 N–H and O–H groups in total. The first kappa shape index (κ1) is 15.9. The van der Waals surface area contributed by atoms with Crippen molar-refractivity contribution in [1.29, 1.82) is 0 Å². The van der Waals surface area contributed by atoms with E-state index in [4.69, 9.17) is 4.74 Å². The average Bonchev–Trinajstić information content (AvgIpc) is 2.95. The molecule has 1 atom stereocenters. The highest BCUT2D eigenvalue weighted by Gasteiger charge is 2.22. The first-order chi connectivity index (χ1) is 11.1. The van der Waals surface area contributed by atoms with Gasteiger partial charge in [-0.2, -0.15) is 5.10 Å². The van der Waals surface area contributed by atoms with E-state index in [-0.39, 0.29) is 11.9 Å². The van der Waals surface area contributed by atoms with Crippen molar-refractivity contribution in [3.8, 4) is 0 Å². The van der Waals surface area contributed by atoms with Crippen LogP contribution in [0.15, 0.2) is 36.7 Å². The van der Waals surface area contributed by atoms with Gasteiger partial charge >= 0.3 is 0 Å². The van der Waals surface area contributed by atoms with Crippen LogP contribution in [0.2, 0.25) is 0 Å². The molecule has 1 fully saturated rings. The van der Waals surface area contributed by atoms with Gasteiger partial charge < -0.3 is 4.74 Å². The maximum absolute atomic E-state index is 12.2. The molecule has 8 heteroatoms. The smallest absolute Gasteiger partial charge is 0.236 e. The molecule has 0 aliphatic carbocycles. The summed E-state index contributed by atoms with van der Waals surface area (Å²) in [6, 6.07) is 7.28. The number of aromatic nitrogens is 3. The summed E-state index contributed by atoms with van der Waals surface area (Å²) in [5.41, 5.74) is 0.862. The molecule has 1 unspecified atom stereocenters. The highest BCUT2D eigenvalue weighted by atomic mass is 32.2. The van der Waals surface area contributed by atoms with Crippen LogP contribution in [0.4, 0.5) is 5.82 Å². The molecule has 23 heavy (non-hydrogen) atoms. The monoisotopic (exact) mass is 336 g/mol. The number of hydrogen-bond acceptors (Lipinski definition) is 5. The van der Waals surface area contributed by atoms with Crippen LogP contribution in [0.3, 0.4) is 0 Å². The van der Waals surface area contributed by atoms with Crippen LogP contribution < -0.4 is 4.72 Å². The Morgan fingerprint density at radius 3 is 2.96 bits per heavy atom. The Labute approximate surface area is 135 Å². The summed E-state index contributed by atoms with van der Waals surface area (Å²) in [5, 5.41) is 4.23. The molecule has 3 heterocycles. The molecule has 2 aromatic rings. The topological polar surface area (TPSA) is 86.1 Å². The maximum Gasteiger partial charge on any atom is 0.236 e. The number of anilines is 1. The summed E-state index contributed by atoms with van der Waals surface area (Å²) < 4.78 is 34.0. The zero-order chi connectivity index (χ0) is 16.1. The van der Waals surface area contributed by atoms with Crippen LogP contribution in [0.1, 0.15) is 25.0 Å². The normalized spacial score (nSPS) is 18.7. The number of rotatable bonds is 6. The van der Waals surface area contributed by atoms with Gasteiger partial charge in [0.1, 0.15) is 0 Å². The minimum atomic E-state index is -3.46. The Balaban J connectivity index is 1.59. The SMILES string of the molecule is O=S(=O)(CC1CCCCO1)Nc1ccn(Cc2ccccn2)n1. The van der Waals surface area contributed by atoms with Gasteiger partial charge in [0.25, 0.3) is 0 Å². The van der Waals surface area contributed by atoms with Crippen LogP contribution >= 0.6 is 0 Å². The summed E-state index contributed by atoms with van der Waals surface area (Å²) >= 11 is 0. The lowest BCUT2D eigenvalue weighted by Gasteiger charge is -2.22. The third kappa shape index (κ3) is 4.77. The van der Waals surface area contributed by atoms with E-state index in [1.54, 1.807) is 23.1 Å². The zero-order valence-electron chi connectivity index (χ0n) is 12.8. The van der Waals surface area contributed by atoms with Crippen molar-refractivity contribution in [1.82, 2.24) is 14.8 Å². The Morgan fingerprint density at radius 1 is 1.30 bits per heavy atom. The summed E-state index contributed by atoms with van der Waals surface area (Å²) in [7, 11) is -3.46. The van der Waals surface area contributed by atoms with Crippen molar-refractivity contribution < 1.29 is 13.2 Å². The Hall–Kier alpha value is -1.93. The second kappa shape index (κ2) is 7.10. The molecule has 0 saturated carbocycles. The third-order valence-corrected chi connectivity index (χ3v) is 4.96. The molecular formula is C15H20N4O3S. The molecule has 1 aliphatic heterocycles. The number of nitrogens with one attached hydrogen (secondary N) is 1. The van der Waals surface area contributed by atoms with Gasteiger partial charge in [-0.05, 0) is 31.4 Å². The van der Waals surface area contributed by atoms with Gasteiger partial charge in [-0.3, -0.25) is 14.4 Å². The molecule has 0 radical (unpaired) electrons. The van der Waals surface area contributed by atoms with Crippen LogP contribution in [0.25, 0.3) is 0 Å². The molecule has 3 rings (SSSR count). The number of hydrogen-bond donors (Lipinski definition) is 1. The second-order valence-corrected chi connectivity index (χ2v) is 7.36. The highest BCUT2D eigenvalue weighted by molar-refractivity contribution is 7.92. The van der Waals surface area contributed by atoms with Crippen LogP contribution in [0.5, 0.6) is 0 Å². The predicted octanol–water partition coefficient (Wildman–Crippen LogP) is 1.64. The van der Waals surface area contributed by atoms with Gasteiger partial charge in [-0.25, -0.2) is 8.42 Å². The summed E-state index contributed by atoms with van der Waals surface area (Å²) in [4.78, 5) is 4.22. The predicted molar refractivity (Wildman–Crippen MR) is 86.6 cm³/mol. The quantitative estimate of drug-likeness (QED) is 0.866. The lowest BCUT2D eigenvalue weighted by atomic mass is 10.1. The number of nitrogens with zero attached hydrogens (tertiary/aromatic N) is 3. The van der Waals surface area contributed by atoms with Gasteiger partial charge in [0.2, 0.25) is 10.0 Å². The molecule has 1 saturated heterocycles.